The zero-order chi connectivity index (χ0) is 16.8. The second kappa shape index (κ2) is 7.46. The number of hydrogen-bond acceptors (Lipinski definition) is 3. The lowest BCUT2D eigenvalue weighted by molar-refractivity contribution is -0.120. The molecule has 0 aliphatic heterocycles. The molecule has 1 aromatic heterocycles. The first-order chi connectivity index (χ1) is 11.7. The number of carbonyl (C=O) groups is 1. The van der Waals surface area contributed by atoms with Crippen LogP contribution in [0.5, 0.6) is 5.75 Å². The number of aromatic nitrogens is 2. The van der Waals surface area contributed by atoms with E-state index < -0.39 is 0 Å². The van der Waals surface area contributed by atoms with Crippen LogP contribution in [0.2, 0.25) is 0 Å². The maximum absolute atomic E-state index is 12.1. The van der Waals surface area contributed by atoms with Crippen molar-refractivity contribution in [3.8, 4) is 11.4 Å². The minimum Gasteiger partial charge on any atom is -0.497 e. The van der Waals surface area contributed by atoms with E-state index in [4.69, 9.17) is 4.74 Å². The van der Waals surface area contributed by atoms with Gasteiger partial charge in [-0.3, -0.25) is 4.79 Å². The largest absolute Gasteiger partial charge is 0.497 e. The van der Waals surface area contributed by atoms with Crippen LogP contribution in [-0.4, -0.2) is 22.6 Å². The Hall–Kier alpha value is -3.08. The van der Waals surface area contributed by atoms with E-state index in [9.17, 15) is 4.79 Å². The fourth-order valence-electron chi connectivity index (χ4n) is 2.43. The Kier molecular flexibility index (Phi) is 4.91. The zero-order valence-electron chi connectivity index (χ0n) is 13.5. The monoisotopic (exact) mass is 321 g/mol. The third-order valence-corrected chi connectivity index (χ3v) is 3.73. The fourth-order valence-corrected chi connectivity index (χ4v) is 2.43. The number of hydrogen-bond donors (Lipinski definition) is 1. The molecule has 0 bridgehead atoms. The van der Waals surface area contributed by atoms with Gasteiger partial charge in [0.1, 0.15) is 5.75 Å². The highest BCUT2D eigenvalue weighted by Crippen LogP contribution is 2.13. The first-order valence-corrected chi connectivity index (χ1v) is 7.71. The normalized spacial score (nSPS) is 10.4. The summed E-state index contributed by atoms with van der Waals surface area (Å²) in [6, 6.07) is 15.6. The van der Waals surface area contributed by atoms with Gasteiger partial charge in [-0.2, -0.15) is 0 Å². The van der Waals surface area contributed by atoms with Crippen LogP contribution < -0.4 is 10.1 Å². The molecule has 0 spiro atoms. The average molecular weight is 321 g/mol. The summed E-state index contributed by atoms with van der Waals surface area (Å²) in [5, 5.41) is 2.94. The van der Waals surface area contributed by atoms with Crippen LogP contribution in [0.25, 0.3) is 5.69 Å². The number of ether oxygens (including phenoxy) is 1. The van der Waals surface area contributed by atoms with E-state index in [2.05, 4.69) is 10.3 Å². The van der Waals surface area contributed by atoms with Crippen molar-refractivity contribution < 1.29 is 9.53 Å². The molecule has 3 rings (SSSR count). The minimum atomic E-state index is -0.0121. The average Bonchev–Trinajstić information content (AvgIpc) is 3.15. The maximum atomic E-state index is 12.1. The van der Waals surface area contributed by atoms with Gasteiger partial charge in [0, 0.05) is 24.6 Å². The van der Waals surface area contributed by atoms with Crippen molar-refractivity contribution >= 4 is 5.91 Å². The molecule has 0 aliphatic rings. The number of amides is 1. The summed E-state index contributed by atoms with van der Waals surface area (Å²) in [5.41, 5.74) is 3.03. The van der Waals surface area contributed by atoms with Crippen molar-refractivity contribution in [3.05, 3.63) is 78.4 Å². The summed E-state index contributed by atoms with van der Waals surface area (Å²) in [6.07, 6.45) is 5.73. The van der Waals surface area contributed by atoms with Crippen molar-refractivity contribution in [1.29, 1.82) is 0 Å². The topological polar surface area (TPSA) is 56.1 Å². The van der Waals surface area contributed by atoms with E-state index in [0.29, 0.717) is 13.0 Å². The van der Waals surface area contributed by atoms with Crippen molar-refractivity contribution in [2.75, 3.05) is 7.11 Å². The standard InChI is InChI=1S/C19H19N3O2/c1-24-18-4-2-3-16(11-18)12-19(23)21-13-15-5-7-17(8-6-15)22-10-9-20-14-22/h2-11,14H,12-13H2,1H3,(H,21,23). The summed E-state index contributed by atoms with van der Waals surface area (Å²) in [6.45, 7) is 0.507. The highest BCUT2D eigenvalue weighted by atomic mass is 16.5. The lowest BCUT2D eigenvalue weighted by atomic mass is 10.1. The van der Waals surface area contributed by atoms with Crippen LogP contribution in [-0.2, 0) is 17.8 Å². The van der Waals surface area contributed by atoms with Crippen LogP contribution in [0.3, 0.4) is 0 Å². The van der Waals surface area contributed by atoms with Crippen LogP contribution in [0.1, 0.15) is 11.1 Å². The Labute approximate surface area is 140 Å². The summed E-state index contributed by atoms with van der Waals surface area (Å²) < 4.78 is 7.11. The van der Waals surface area contributed by atoms with Crippen LogP contribution in [0.4, 0.5) is 0 Å². The second-order valence-corrected chi connectivity index (χ2v) is 5.44. The van der Waals surface area contributed by atoms with Gasteiger partial charge < -0.3 is 14.6 Å². The Balaban J connectivity index is 1.54. The minimum absolute atomic E-state index is 0.0121. The highest BCUT2D eigenvalue weighted by Gasteiger charge is 2.05. The first kappa shape index (κ1) is 15.8. The number of benzene rings is 2. The van der Waals surface area contributed by atoms with Gasteiger partial charge >= 0.3 is 0 Å². The van der Waals surface area contributed by atoms with Crippen LogP contribution >= 0.6 is 0 Å². The van der Waals surface area contributed by atoms with E-state index in [1.807, 2.05) is 59.3 Å². The third kappa shape index (κ3) is 4.01. The molecule has 0 saturated carbocycles. The summed E-state index contributed by atoms with van der Waals surface area (Å²) in [5.74, 6) is 0.748. The lowest BCUT2D eigenvalue weighted by Gasteiger charge is -2.08. The molecule has 0 unspecified atom stereocenters. The van der Waals surface area contributed by atoms with Crippen molar-refractivity contribution in [2.24, 2.45) is 0 Å². The number of rotatable bonds is 6. The molecule has 1 N–H and O–H groups in total. The highest BCUT2D eigenvalue weighted by molar-refractivity contribution is 5.78. The molecular weight excluding hydrogens is 302 g/mol. The number of imidazole rings is 1. The molecule has 0 fully saturated rings. The number of methoxy groups -OCH3 is 1. The molecule has 0 aliphatic carbocycles. The summed E-state index contributed by atoms with van der Waals surface area (Å²) in [7, 11) is 1.62. The molecule has 5 heteroatoms. The fraction of sp³-hybridized carbons (Fsp3) is 0.158. The third-order valence-electron chi connectivity index (χ3n) is 3.73. The molecule has 0 saturated heterocycles. The first-order valence-electron chi connectivity index (χ1n) is 7.71. The van der Waals surface area contributed by atoms with Gasteiger partial charge in [-0.25, -0.2) is 4.98 Å². The van der Waals surface area contributed by atoms with Crippen molar-refractivity contribution in [1.82, 2.24) is 14.9 Å². The Morgan fingerprint density at radius 2 is 2.00 bits per heavy atom. The number of carbonyl (C=O) groups excluding carboxylic acids is 1. The van der Waals surface area contributed by atoms with Crippen LogP contribution in [0.15, 0.2) is 67.3 Å². The Bertz CT molecular complexity index is 796. The van der Waals surface area contributed by atoms with E-state index in [-0.39, 0.29) is 5.91 Å². The number of nitrogens with one attached hydrogen (secondary N) is 1. The van der Waals surface area contributed by atoms with E-state index in [1.54, 1.807) is 19.6 Å². The second-order valence-electron chi connectivity index (χ2n) is 5.44. The van der Waals surface area contributed by atoms with E-state index >= 15 is 0 Å². The summed E-state index contributed by atoms with van der Waals surface area (Å²) >= 11 is 0. The molecule has 0 atom stereocenters. The maximum Gasteiger partial charge on any atom is 0.224 e. The van der Waals surface area contributed by atoms with Crippen molar-refractivity contribution in [2.45, 2.75) is 13.0 Å². The lowest BCUT2D eigenvalue weighted by Crippen LogP contribution is -2.24. The molecule has 1 heterocycles. The smallest absolute Gasteiger partial charge is 0.224 e. The molecule has 0 radical (unpaired) electrons. The Morgan fingerprint density at radius 1 is 1.17 bits per heavy atom. The predicted molar refractivity (Wildman–Crippen MR) is 92.1 cm³/mol. The molecular formula is C19H19N3O2. The van der Waals surface area contributed by atoms with Gasteiger partial charge in [-0.05, 0) is 35.4 Å². The molecule has 2 aromatic carbocycles. The Morgan fingerprint density at radius 3 is 2.71 bits per heavy atom. The van der Waals surface area contributed by atoms with Gasteiger partial charge in [0.25, 0.3) is 0 Å². The quantitative estimate of drug-likeness (QED) is 0.759. The molecule has 122 valence electrons. The predicted octanol–water partition coefficient (Wildman–Crippen LogP) is 2.74. The van der Waals surface area contributed by atoms with E-state index in [1.165, 1.54) is 0 Å². The van der Waals surface area contributed by atoms with E-state index in [0.717, 1.165) is 22.6 Å². The number of nitrogens with zero attached hydrogens (tertiary/aromatic N) is 2. The SMILES string of the molecule is COc1cccc(CC(=O)NCc2ccc(-n3ccnc3)cc2)c1. The van der Waals surface area contributed by atoms with Gasteiger partial charge in [0.05, 0.1) is 19.9 Å². The zero-order valence-corrected chi connectivity index (χ0v) is 13.5. The van der Waals surface area contributed by atoms with Gasteiger partial charge in [-0.1, -0.05) is 24.3 Å². The molecule has 5 nitrogen and oxygen atoms in total. The molecule has 3 aromatic rings. The van der Waals surface area contributed by atoms with Gasteiger partial charge in [0.2, 0.25) is 5.91 Å². The van der Waals surface area contributed by atoms with Crippen LogP contribution in [0, 0.1) is 0 Å². The molecule has 1 amide bonds. The van der Waals surface area contributed by atoms with Crippen molar-refractivity contribution in [3.63, 3.8) is 0 Å². The van der Waals surface area contributed by atoms with Gasteiger partial charge in [0.15, 0.2) is 0 Å². The summed E-state index contributed by atoms with van der Waals surface area (Å²) in [4.78, 5) is 16.1. The van der Waals surface area contributed by atoms with Gasteiger partial charge in [-0.15, -0.1) is 0 Å². The molecule has 24 heavy (non-hydrogen) atoms.